The molecule has 0 fully saturated rings. The molecular weight excluding hydrogens is 217 g/mol. The third-order valence-electron chi connectivity index (χ3n) is 2.38. The van der Waals surface area contributed by atoms with E-state index >= 15 is 0 Å². The van der Waals surface area contributed by atoms with E-state index in [4.69, 9.17) is 4.74 Å². The fourth-order valence-corrected chi connectivity index (χ4v) is 1.60. The first-order valence-corrected chi connectivity index (χ1v) is 5.46. The predicted molar refractivity (Wildman–Crippen MR) is 65.7 cm³/mol. The minimum atomic E-state index is -0.346. The summed E-state index contributed by atoms with van der Waals surface area (Å²) in [5.74, 6) is 0.574. The molecule has 0 unspecified atom stereocenters. The Kier molecular flexibility index (Phi) is 3.73. The molecule has 1 N–H and O–H groups in total. The monoisotopic (exact) mass is 231 g/mol. The Balaban J connectivity index is 2.31. The molecule has 0 saturated heterocycles. The van der Waals surface area contributed by atoms with Crippen molar-refractivity contribution in [1.29, 1.82) is 0 Å². The van der Waals surface area contributed by atoms with Crippen LogP contribution in [0.5, 0.6) is 11.5 Å². The second-order valence-corrected chi connectivity index (χ2v) is 3.67. The van der Waals surface area contributed by atoms with E-state index in [9.17, 15) is 4.39 Å². The van der Waals surface area contributed by atoms with Crippen molar-refractivity contribution in [2.24, 2.45) is 0 Å². The number of rotatable bonds is 4. The lowest BCUT2D eigenvalue weighted by Gasteiger charge is -2.11. The lowest BCUT2D eigenvalue weighted by atomic mass is 10.2. The number of benzene rings is 2. The Bertz CT molecular complexity index is 485. The van der Waals surface area contributed by atoms with Crippen molar-refractivity contribution < 1.29 is 9.13 Å². The van der Waals surface area contributed by atoms with Gasteiger partial charge in [-0.3, -0.25) is 0 Å². The third kappa shape index (κ3) is 2.82. The normalized spacial score (nSPS) is 10.2. The highest BCUT2D eigenvalue weighted by atomic mass is 19.1. The van der Waals surface area contributed by atoms with Crippen LogP contribution in [-0.2, 0) is 6.54 Å². The first-order valence-electron chi connectivity index (χ1n) is 5.46. The molecule has 0 radical (unpaired) electrons. The minimum absolute atomic E-state index is 0.285. The predicted octanol–water partition coefficient (Wildman–Crippen LogP) is 3.34. The standard InChI is InChI=1S/C14H14FNO/c1-16-10-11-6-5-9-13(15)14(11)17-12-7-3-2-4-8-12/h2-9,16H,10H2,1H3. The Hall–Kier alpha value is -1.87. The van der Waals surface area contributed by atoms with Gasteiger partial charge in [0.05, 0.1) is 0 Å². The zero-order chi connectivity index (χ0) is 12.1. The van der Waals surface area contributed by atoms with Gasteiger partial charge in [-0.15, -0.1) is 0 Å². The van der Waals surface area contributed by atoms with E-state index in [1.807, 2.05) is 31.3 Å². The number of ether oxygens (including phenoxy) is 1. The summed E-state index contributed by atoms with van der Waals surface area (Å²) in [4.78, 5) is 0. The number of hydrogen-bond acceptors (Lipinski definition) is 2. The maximum absolute atomic E-state index is 13.7. The average Bonchev–Trinajstić information content (AvgIpc) is 2.35. The molecule has 0 aromatic heterocycles. The van der Waals surface area contributed by atoms with Crippen molar-refractivity contribution >= 4 is 0 Å². The summed E-state index contributed by atoms with van der Waals surface area (Å²) in [6, 6.07) is 14.1. The minimum Gasteiger partial charge on any atom is -0.454 e. The molecule has 0 heterocycles. The largest absolute Gasteiger partial charge is 0.454 e. The van der Waals surface area contributed by atoms with Crippen LogP contribution < -0.4 is 10.1 Å². The molecule has 0 atom stereocenters. The number of halogens is 1. The van der Waals surface area contributed by atoms with Crippen LogP contribution in [-0.4, -0.2) is 7.05 Å². The van der Waals surface area contributed by atoms with E-state index in [0.29, 0.717) is 12.3 Å². The average molecular weight is 231 g/mol. The van der Waals surface area contributed by atoms with Gasteiger partial charge in [-0.25, -0.2) is 4.39 Å². The van der Waals surface area contributed by atoms with E-state index in [0.717, 1.165) is 5.56 Å². The molecular formula is C14H14FNO. The van der Waals surface area contributed by atoms with Crippen LogP contribution in [0.2, 0.25) is 0 Å². The van der Waals surface area contributed by atoms with Gasteiger partial charge >= 0.3 is 0 Å². The summed E-state index contributed by atoms with van der Waals surface area (Å²) in [6.07, 6.45) is 0. The number of hydrogen-bond donors (Lipinski definition) is 1. The van der Waals surface area contributed by atoms with Gasteiger partial charge in [-0.1, -0.05) is 30.3 Å². The van der Waals surface area contributed by atoms with Gasteiger partial charge in [0.25, 0.3) is 0 Å². The lowest BCUT2D eigenvalue weighted by molar-refractivity contribution is 0.434. The molecule has 17 heavy (non-hydrogen) atoms. The zero-order valence-corrected chi connectivity index (χ0v) is 9.61. The molecule has 2 rings (SSSR count). The van der Waals surface area contributed by atoms with Gasteiger partial charge in [0.2, 0.25) is 0 Å². The summed E-state index contributed by atoms with van der Waals surface area (Å²) in [5.41, 5.74) is 0.802. The quantitative estimate of drug-likeness (QED) is 0.871. The third-order valence-corrected chi connectivity index (χ3v) is 2.38. The smallest absolute Gasteiger partial charge is 0.167 e. The summed E-state index contributed by atoms with van der Waals surface area (Å²) in [6.45, 7) is 0.569. The fraction of sp³-hybridized carbons (Fsp3) is 0.143. The summed E-state index contributed by atoms with van der Waals surface area (Å²) >= 11 is 0. The molecule has 0 aliphatic rings. The van der Waals surface area contributed by atoms with E-state index in [1.54, 1.807) is 18.2 Å². The second-order valence-electron chi connectivity index (χ2n) is 3.67. The molecule has 3 heteroatoms. The highest BCUT2D eigenvalue weighted by molar-refractivity contribution is 5.38. The summed E-state index contributed by atoms with van der Waals surface area (Å²) in [5, 5.41) is 2.99. The van der Waals surface area contributed by atoms with Gasteiger partial charge in [-0.2, -0.15) is 0 Å². The van der Waals surface area contributed by atoms with Crippen LogP contribution in [0.15, 0.2) is 48.5 Å². The molecule has 2 aromatic carbocycles. The van der Waals surface area contributed by atoms with Crippen molar-refractivity contribution in [3.63, 3.8) is 0 Å². The Labute approximate surface area is 100 Å². The second kappa shape index (κ2) is 5.46. The Morgan fingerprint density at radius 3 is 2.53 bits per heavy atom. The maximum Gasteiger partial charge on any atom is 0.167 e. The number of para-hydroxylation sites is 2. The first-order chi connectivity index (χ1) is 8.31. The van der Waals surface area contributed by atoms with Crippen molar-refractivity contribution in [1.82, 2.24) is 5.32 Å². The topological polar surface area (TPSA) is 21.3 Å². The van der Waals surface area contributed by atoms with E-state index in [2.05, 4.69) is 5.32 Å². The molecule has 0 aliphatic heterocycles. The molecule has 0 bridgehead atoms. The highest BCUT2D eigenvalue weighted by Gasteiger charge is 2.09. The van der Waals surface area contributed by atoms with E-state index in [-0.39, 0.29) is 11.6 Å². The molecule has 0 spiro atoms. The van der Waals surface area contributed by atoms with E-state index < -0.39 is 0 Å². The highest BCUT2D eigenvalue weighted by Crippen LogP contribution is 2.28. The van der Waals surface area contributed by atoms with Crippen LogP contribution in [0.1, 0.15) is 5.56 Å². The fourth-order valence-electron chi connectivity index (χ4n) is 1.60. The Morgan fingerprint density at radius 2 is 1.82 bits per heavy atom. The molecule has 88 valence electrons. The van der Waals surface area contributed by atoms with Crippen LogP contribution in [0.4, 0.5) is 4.39 Å². The van der Waals surface area contributed by atoms with Crippen molar-refractivity contribution in [2.45, 2.75) is 6.54 Å². The lowest BCUT2D eigenvalue weighted by Crippen LogP contribution is -2.07. The molecule has 0 amide bonds. The van der Waals surface area contributed by atoms with Crippen LogP contribution in [0.25, 0.3) is 0 Å². The van der Waals surface area contributed by atoms with Gasteiger partial charge in [0.1, 0.15) is 5.75 Å². The Morgan fingerprint density at radius 1 is 1.06 bits per heavy atom. The van der Waals surface area contributed by atoms with Crippen LogP contribution in [0, 0.1) is 5.82 Å². The molecule has 2 nitrogen and oxygen atoms in total. The van der Waals surface area contributed by atoms with Crippen LogP contribution >= 0.6 is 0 Å². The summed E-state index contributed by atoms with van der Waals surface area (Å²) < 4.78 is 19.3. The van der Waals surface area contributed by atoms with Gasteiger partial charge in [0.15, 0.2) is 11.6 Å². The first kappa shape index (κ1) is 11.6. The van der Waals surface area contributed by atoms with Crippen LogP contribution in [0.3, 0.4) is 0 Å². The van der Waals surface area contributed by atoms with Gasteiger partial charge < -0.3 is 10.1 Å². The molecule has 0 aliphatic carbocycles. The number of nitrogens with one attached hydrogen (secondary N) is 1. The SMILES string of the molecule is CNCc1cccc(F)c1Oc1ccccc1. The van der Waals surface area contributed by atoms with Gasteiger partial charge in [0, 0.05) is 12.1 Å². The van der Waals surface area contributed by atoms with Gasteiger partial charge in [-0.05, 0) is 25.2 Å². The van der Waals surface area contributed by atoms with E-state index in [1.165, 1.54) is 6.07 Å². The summed E-state index contributed by atoms with van der Waals surface area (Å²) in [7, 11) is 1.82. The van der Waals surface area contributed by atoms with Crippen molar-refractivity contribution in [2.75, 3.05) is 7.05 Å². The van der Waals surface area contributed by atoms with Crippen molar-refractivity contribution in [3.05, 3.63) is 59.9 Å². The molecule has 0 saturated carbocycles. The van der Waals surface area contributed by atoms with Crippen molar-refractivity contribution in [3.8, 4) is 11.5 Å². The zero-order valence-electron chi connectivity index (χ0n) is 9.61. The maximum atomic E-state index is 13.7. The molecule has 2 aromatic rings.